The summed E-state index contributed by atoms with van der Waals surface area (Å²) in [7, 11) is 0. The van der Waals surface area contributed by atoms with E-state index in [0.717, 1.165) is 16.9 Å². The van der Waals surface area contributed by atoms with E-state index >= 15 is 0 Å². The maximum absolute atomic E-state index is 13.5. The molecule has 162 valence electrons. The first-order valence-electron chi connectivity index (χ1n) is 10.7. The summed E-state index contributed by atoms with van der Waals surface area (Å²) in [6, 6.07) is 23.3. The van der Waals surface area contributed by atoms with Gasteiger partial charge in [0.2, 0.25) is 5.91 Å². The Morgan fingerprint density at radius 1 is 0.903 bits per heavy atom. The van der Waals surface area contributed by atoms with E-state index in [2.05, 4.69) is 19.1 Å². The summed E-state index contributed by atoms with van der Waals surface area (Å²) >= 11 is 1.70. The van der Waals surface area contributed by atoms with Gasteiger partial charge in [-0.25, -0.2) is 0 Å². The van der Waals surface area contributed by atoms with E-state index in [4.69, 9.17) is 0 Å². The summed E-state index contributed by atoms with van der Waals surface area (Å²) in [6.45, 7) is 7.24. The summed E-state index contributed by atoms with van der Waals surface area (Å²) in [4.78, 5) is 32.6. The van der Waals surface area contributed by atoms with Gasteiger partial charge in [0.25, 0.3) is 5.91 Å². The fourth-order valence-electron chi connectivity index (χ4n) is 3.43. The fourth-order valence-corrected chi connectivity index (χ4v) is 4.34. The smallest absolute Gasteiger partial charge is 0.254 e. The topological polar surface area (TPSA) is 40.6 Å². The van der Waals surface area contributed by atoms with Gasteiger partial charge in [-0.15, -0.1) is 11.3 Å². The van der Waals surface area contributed by atoms with Crippen LogP contribution < -0.4 is 0 Å². The Hall–Kier alpha value is -2.92. The van der Waals surface area contributed by atoms with Gasteiger partial charge in [0.15, 0.2) is 0 Å². The molecule has 5 heteroatoms. The molecule has 0 aliphatic carbocycles. The number of amides is 2. The maximum Gasteiger partial charge on any atom is 0.254 e. The van der Waals surface area contributed by atoms with Crippen molar-refractivity contribution in [2.75, 3.05) is 6.54 Å². The van der Waals surface area contributed by atoms with Gasteiger partial charge >= 0.3 is 0 Å². The molecule has 0 aliphatic heterocycles. The lowest BCUT2D eigenvalue weighted by Gasteiger charge is -2.31. The minimum atomic E-state index is -0.102. The van der Waals surface area contributed by atoms with Crippen LogP contribution in [0.2, 0.25) is 0 Å². The molecule has 1 heterocycles. The van der Waals surface area contributed by atoms with Crippen molar-refractivity contribution < 1.29 is 9.59 Å². The van der Waals surface area contributed by atoms with Gasteiger partial charge < -0.3 is 9.80 Å². The van der Waals surface area contributed by atoms with E-state index < -0.39 is 0 Å². The number of rotatable bonds is 9. The van der Waals surface area contributed by atoms with Crippen LogP contribution in [-0.4, -0.2) is 34.2 Å². The van der Waals surface area contributed by atoms with Gasteiger partial charge in [-0.1, -0.05) is 55.5 Å². The average molecular weight is 435 g/mol. The Bertz CT molecular complexity index is 985. The Morgan fingerprint density at radius 3 is 2.13 bits per heavy atom. The van der Waals surface area contributed by atoms with Crippen LogP contribution in [0.1, 0.15) is 45.9 Å². The van der Waals surface area contributed by atoms with Gasteiger partial charge in [-0.3, -0.25) is 9.59 Å². The predicted molar refractivity (Wildman–Crippen MR) is 127 cm³/mol. The van der Waals surface area contributed by atoms with Crippen molar-refractivity contribution in [3.63, 3.8) is 0 Å². The molecule has 0 bridgehead atoms. The molecule has 3 rings (SSSR count). The van der Waals surface area contributed by atoms with Crippen LogP contribution in [0.5, 0.6) is 0 Å². The van der Waals surface area contributed by atoms with Gasteiger partial charge in [-0.2, -0.15) is 0 Å². The lowest BCUT2D eigenvalue weighted by Crippen LogP contribution is -2.46. The molecular weight excluding hydrogens is 404 g/mol. The van der Waals surface area contributed by atoms with Gasteiger partial charge in [0.1, 0.15) is 6.54 Å². The first kappa shape index (κ1) is 22.8. The van der Waals surface area contributed by atoms with Crippen LogP contribution >= 0.6 is 11.3 Å². The zero-order valence-electron chi connectivity index (χ0n) is 18.5. The molecule has 4 nitrogen and oxygen atoms in total. The highest BCUT2D eigenvalue weighted by atomic mass is 32.1. The van der Waals surface area contributed by atoms with Crippen LogP contribution in [0.3, 0.4) is 0 Å². The monoisotopic (exact) mass is 434 g/mol. The van der Waals surface area contributed by atoms with Crippen molar-refractivity contribution >= 4 is 23.2 Å². The maximum atomic E-state index is 13.5. The van der Waals surface area contributed by atoms with Crippen LogP contribution in [-0.2, 0) is 17.9 Å². The third-order valence-electron chi connectivity index (χ3n) is 5.42. The van der Waals surface area contributed by atoms with E-state index in [0.29, 0.717) is 18.7 Å². The Kier molecular flexibility index (Phi) is 8.01. The van der Waals surface area contributed by atoms with Gasteiger partial charge in [-0.05, 0) is 50.1 Å². The average Bonchev–Trinajstić information content (AvgIpc) is 3.21. The highest BCUT2D eigenvalue weighted by Crippen LogP contribution is 2.20. The normalized spacial score (nSPS) is 11.7. The van der Waals surface area contributed by atoms with Crippen molar-refractivity contribution in [2.24, 2.45) is 0 Å². The summed E-state index contributed by atoms with van der Waals surface area (Å²) in [5.41, 5.74) is 1.69. The molecule has 0 saturated heterocycles. The minimum Gasteiger partial charge on any atom is -0.332 e. The van der Waals surface area contributed by atoms with E-state index in [9.17, 15) is 9.59 Å². The molecule has 0 radical (unpaired) electrons. The number of hydrogen-bond acceptors (Lipinski definition) is 3. The Balaban J connectivity index is 1.82. The van der Waals surface area contributed by atoms with Crippen LogP contribution in [0.4, 0.5) is 0 Å². The third kappa shape index (κ3) is 6.28. The number of carbonyl (C=O) groups is 2. The molecule has 0 saturated carbocycles. The predicted octanol–water partition coefficient (Wildman–Crippen LogP) is 5.53. The molecular formula is C26H30N2O2S. The molecule has 0 spiro atoms. The number of carbonyl (C=O) groups excluding carboxylic acids is 2. The minimum absolute atomic E-state index is 0.0285. The Morgan fingerprint density at radius 2 is 1.55 bits per heavy atom. The van der Waals surface area contributed by atoms with E-state index in [1.807, 2.05) is 67.3 Å². The highest BCUT2D eigenvalue weighted by Gasteiger charge is 2.26. The number of nitrogens with zero attached hydrogens (tertiary/aromatic N) is 2. The van der Waals surface area contributed by atoms with Crippen molar-refractivity contribution in [1.82, 2.24) is 9.80 Å². The first-order valence-corrected chi connectivity index (χ1v) is 11.5. The number of thiophene rings is 1. The van der Waals surface area contributed by atoms with Crippen molar-refractivity contribution in [3.05, 3.63) is 93.7 Å². The molecule has 1 aromatic heterocycles. The van der Waals surface area contributed by atoms with E-state index in [-0.39, 0.29) is 24.4 Å². The number of aryl methyl sites for hydroxylation is 1. The van der Waals surface area contributed by atoms with Gasteiger partial charge in [0, 0.05) is 27.9 Å². The molecule has 1 unspecified atom stereocenters. The summed E-state index contributed by atoms with van der Waals surface area (Å²) < 4.78 is 0. The van der Waals surface area contributed by atoms with Gasteiger partial charge in [0.05, 0.1) is 6.54 Å². The molecule has 2 amide bonds. The van der Waals surface area contributed by atoms with Crippen molar-refractivity contribution in [2.45, 2.75) is 46.3 Å². The zero-order chi connectivity index (χ0) is 22.2. The van der Waals surface area contributed by atoms with Crippen LogP contribution in [0, 0.1) is 6.92 Å². The second-order valence-electron chi connectivity index (χ2n) is 7.80. The largest absolute Gasteiger partial charge is 0.332 e. The second kappa shape index (κ2) is 10.9. The molecule has 2 aromatic carbocycles. The van der Waals surface area contributed by atoms with Crippen molar-refractivity contribution in [3.8, 4) is 0 Å². The lowest BCUT2D eigenvalue weighted by molar-refractivity contribution is -0.133. The quantitative estimate of drug-likeness (QED) is 0.444. The fraction of sp³-hybridized carbons (Fsp3) is 0.308. The van der Waals surface area contributed by atoms with E-state index in [1.165, 1.54) is 4.88 Å². The summed E-state index contributed by atoms with van der Waals surface area (Å²) in [5, 5.41) is 0. The van der Waals surface area contributed by atoms with Crippen LogP contribution in [0.25, 0.3) is 0 Å². The van der Waals surface area contributed by atoms with Crippen molar-refractivity contribution in [1.29, 1.82) is 0 Å². The third-order valence-corrected chi connectivity index (χ3v) is 6.41. The number of hydrogen-bond donors (Lipinski definition) is 0. The Labute approximate surface area is 189 Å². The molecule has 1 atom stereocenters. The SMILES string of the molecule is CCC(C)N(CC(=O)N(Cc1ccccc1)Cc1ccc(C)s1)C(=O)c1ccccc1. The van der Waals surface area contributed by atoms with Crippen LogP contribution in [0.15, 0.2) is 72.8 Å². The molecule has 0 N–H and O–H groups in total. The number of benzene rings is 2. The molecule has 0 fully saturated rings. The standard InChI is InChI=1S/C26H30N2O2S/c1-4-20(2)28(26(30)23-13-9-6-10-14-23)19-25(29)27(17-22-11-7-5-8-12-22)18-24-16-15-21(3)31-24/h5-16,20H,4,17-19H2,1-3H3. The first-order chi connectivity index (χ1) is 15.0. The highest BCUT2D eigenvalue weighted by molar-refractivity contribution is 7.11. The molecule has 0 aliphatic rings. The molecule has 31 heavy (non-hydrogen) atoms. The summed E-state index contributed by atoms with van der Waals surface area (Å²) in [6.07, 6.45) is 0.786. The van der Waals surface area contributed by atoms with E-state index in [1.54, 1.807) is 28.4 Å². The molecule has 3 aromatic rings. The summed E-state index contributed by atoms with van der Waals surface area (Å²) in [5.74, 6) is -0.144. The second-order valence-corrected chi connectivity index (χ2v) is 9.18. The zero-order valence-corrected chi connectivity index (χ0v) is 19.3. The lowest BCUT2D eigenvalue weighted by atomic mass is 10.1.